The molecule has 92 valence electrons. The fourth-order valence-corrected chi connectivity index (χ4v) is 1.90. The lowest BCUT2D eigenvalue weighted by molar-refractivity contribution is 0.235. The zero-order valence-electron chi connectivity index (χ0n) is 10.6. The van der Waals surface area contributed by atoms with Crippen LogP contribution >= 0.6 is 0 Å². The molecule has 3 heteroatoms. The van der Waals surface area contributed by atoms with Gasteiger partial charge in [-0.15, -0.1) is 0 Å². The third-order valence-corrected chi connectivity index (χ3v) is 3.47. The van der Waals surface area contributed by atoms with Gasteiger partial charge in [0.2, 0.25) is 0 Å². The first kappa shape index (κ1) is 12.0. The maximum absolute atomic E-state index is 11.9. The number of nitrogens with zero attached hydrogens (tertiary/aromatic N) is 1. The second kappa shape index (κ2) is 5.21. The monoisotopic (exact) mass is 232 g/mol. The van der Waals surface area contributed by atoms with Crippen LogP contribution in [0.5, 0.6) is 0 Å². The third kappa shape index (κ3) is 2.78. The van der Waals surface area contributed by atoms with Crippen LogP contribution in [0.2, 0.25) is 0 Å². The Balaban J connectivity index is 1.96. The molecule has 0 atom stereocenters. The molecule has 17 heavy (non-hydrogen) atoms. The molecule has 0 aliphatic heterocycles. The van der Waals surface area contributed by atoms with Crippen molar-refractivity contribution in [2.75, 3.05) is 11.9 Å². The van der Waals surface area contributed by atoms with Crippen LogP contribution in [0.4, 0.5) is 10.5 Å². The van der Waals surface area contributed by atoms with Crippen molar-refractivity contribution in [2.45, 2.75) is 38.6 Å². The first-order valence-electron chi connectivity index (χ1n) is 6.34. The summed E-state index contributed by atoms with van der Waals surface area (Å²) >= 11 is 0. The van der Waals surface area contributed by atoms with Gasteiger partial charge in [0.15, 0.2) is 0 Å². The van der Waals surface area contributed by atoms with E-state index in [-0.39, 0.29) is 6.03 Å². The molecule has 3 nitrogen and oxygen atoms in total. The number of hydrogen-bond donors (Lipinski definition) is 1. The van der Waals surface area contributed by atoms with Crippen molar-refractivity contribution in [2.24, 2.45) is 0 Å². The molecular formula is C14H20N2O. The number of nitrogens with one attached hydrogen (secondary N) is 1. The number of carbonyl (C=O) groups excluding carboxylic acids is 1. The molecule has 2 amide bonds. The molecule has 1 aromatic carbocycles. The van der Waals surface area contributed by atoms with Gasteiger partial charge in [-0.1, -0.05) is 19.1 Å². The highest BCUT2D eigenvalue weighted by molar-refractivity contribution is 5.91. The zero-order valence-corrected chi connectivity index (χ0v) is 10.6. The van der Waals surface area contributed by atoms with Crippen LogP contribution in [0.3, 0.4) is 0 Å². The van der Waals surface area contributed by atoms with Gasteiger partial charge < -0.3 is 5.32 Å². The molecule has 0 spiro atoms. The lowest BCUT2D eigenvalue weighted by atomic mass is 9.93. The highest BCUT2D eigenvalue weighted by atomic mass is 16.2. The minimum absolute atomic E-state index is 0.000974. The molecular weight excluding hydrogens is 212 g/mol. The van der Waals surface area contributed by atoms with Crippen LogP contribution in [0.15, 0.2) is 24.3 Å². The molecule has 0 unspecified atom stereocenters. The number of carbonyl (C=O) groups is 1. The average molecular weight is 232 g/mol. The quantitative estimate of drug-likeness (QED) is 0.853. The summed E-state index contributed by atoms with van der Waals surface area (Å²) in [6, 6.07) is 8.53. The van der Waals surface area contributed by atoms with Crippen molar-refractivity contribution < 1.29 is 4.79 Å². The normalized spacial score (nSPS) is 15.2. The molecule has 0 aromatic heterocycles. The van der Waals surface area contributed by atoms with Gasteiger partial charge in [0.05, 0.1) is 0 Å². The Hall–Kier alpha value is -1.51. The Morgan fingerprint density at radius 2 is 2.00 bits per heavy atom. The van der Waals surface area contributed by atoms with Crippen LogP contribution in [-0.4, -0.2) is 19.1 Å². The van der Waals surface area contributed by atoms with Gasteiger partial charge >= 0.3 is 6.03 Å². The number of anilines is 1. The van der Waals surface area contributed by atoms with Gasteiger partial charge in [-0.25, -0.2) is 4.79 Å². The molecule has 1 fully saturated rings. The molecule has 0 radical (unpaired) electrons. The van der Waals surface area contributed by atoms with Gasteiger partial charge in [-0.2, -0.15) is 0 Å². The second-order valence-electron chi connectivity index (χ2n) is 4.66. The number of urea groups is 1. The van der Waals surface area contributed by atoms with Crippen molar-refractivity contribution in [1.29, 1.82) is 0 Å². The summed E-state index contributed by atoms with van der Waals surface area (Å²) in [6.45, 7) is 2.13. The number of amides is 2. The Morgan fingerprint density at radius 3 is 2.47 bits per heavy atom. The molecule has 1 aliphatic rings. The predicted octanol–water partition coefficient (Wildman–Crippen LogP) is 2.95. The van der Waals surface area contributed by atoms with E-state index < -0.39 is 0 Å². The van der Waals surface area contributed by atoms with Gasteiger partial charge in [0.25, 0.3) is 0 Å². The molecule has 0 heterocycles. The van der Waals surface area contributed by atoms with Gasteiger partial charge in [0.1, 0.15) is 0 Å². The van der Waals surface area contributed by atoms with Crippen molar-refractivity contribution in [3.8, 4) is 0 Å². The van der Waals surface area contributed by atoms with Crippen LogP contribution in [-0.2, 0) is 6.42 Å². The number of aryl methyl sites for hydroxylation is 1. The van der Waals surface area contributed by atoms with Gasteiger partial charge in [-0.3, -0.25) is 4.90 Å². The number of benzene rings is 1. The van der Waals surface area contributed by atoms with Crippen molar-refractivity contribution in [3.63, 3.8) is 0 Å². The van der Waals surface area contributed by atoms with Crippen molar-refractivity contribution in [3.05, 3.63) is 29.8 Å². The Labute approximate surface area is 103 Å². The minimum atomic E-state index is -0.000974. The second-order valence-corrected chi connectivity index (χ2v) is 4.66. The number of rotatable bonds is 3. The van der Waals surface area contributed by atoms with Crippen LogP contribution < -0.4 is 10.2 Å². The van der Waals surface area contributed by atoms with Crippen molar-refractivity contribution >= 4 is 11.7 Å². The van der Waals surface area contributed by atoms with E-state index in [0.29, 0.717) is 6.04 Å². The van der Waals surface area contributed by atoms with E-state index in [1.165, 1.54) is 12.0 Å². The molecule has 0 bridgehead atoms. The maximum atomic E-state index is 11.9. The van der Waals surface area contributed by atoms with E-state index >= 15 is 0 Å². The third-order valence-electron chi connectivity index (χ3n) is 3.47. The van der Waals surface area contributed by atoms with E-state index in [9.17, 15) is 4.79 Å². The Morgan fingerprint density at radius 1 is 1.35 bits per heavy atom. The van der Waals surface area contributed by atoms with E-state index in [2.05, 4.69) is 24.4 Å². The number of hydrogen-bond acceptors (Lipinski definition) is 1. The van der Waals surface area contributed by atoms with Crippen LogP contribution in [0.1, 0.15) is 31.7 Å². The summed E-state index contributed by atoms with van der Waals surface area (Å²) in [7, 11) is 1.81. The topological polar surface area (TPSA) is 32.3 Å². The van der Waals surface area contributed by atoms with E-state index in [1.54, 1.807) is 4.90 Å². The predicted molar refractivity (Wildman–Crippen MR) is 70.4 cm³/mol. The SMILES string of the molecule is CCc1ccc(N(C)C(=O)NC2CCC2)cc1. The average Bonchev–Trinajstić information content (AvgIpc) is 2.32. The van der Waals surface area contributed by atoms with E-state index in [1.807, 2.05) is 19.2 Å². The van der Waals surface area contributed by atoms with Gasteiger partial charge in [0, 0.05) is 18.8 Å². The fourth-order valence-electron chi connectivity index (χ4n) is 1.90. The highest BCUT2D eigenvalue weighted by Gasteiger charge is 2.21. The van der Waals surface area contributed by atoms with E-state index in [0.717, 1.165) is 24.9 Å². The summed E-state index contributed by atoms with van der Waals surface area (Å²) in [5, 5.41) is 3.03. The summed E-state index contributed by atoms with van der Waals surface area (Å²) in [6.07, 6.45) is 4.50. The zero-order chi connectivity index (χ0) is 12.3. The minimum Gasteiger partial charge on any atom is -0.335 e. The summed E-state index contributed by atoms with van der Waals surface area (Å²) in [5.41, 5.74) is 2.24. The highest BCUT2D eigenvalue weighted by Crippen LogP contribution is 2.19. The molecule has 0 saturated heterocycles. The smallest absolute Gasteiger partial charge is 0.321 e. The molecule has 2 rings (SSSR count). The maximum Gasteiger partial charge on any atom is 0.321 e. The molecule has 1 N–H and O–H groups in total. The fraction of sp³-hybridized carbons (Fsp3) is 0.500. The standard InChI is InChI=1S/C14H20N2O/c1-3-11-7-9-13(10-8-11)16(2)14(17)15-12-5-4-6-12/h7-10,12H,3-6H2,1-2H3,(H,15,17). The lowest BCUT2D eigenvalue weighted by Gasteiger charge is -2.29. The lowest BCUT2D eigenvalue weighted by Crippen LogP contribution is -2.46. The Bertz CT molecular complexity index is 382. The summed E-state index contributed by atoms with van der Waals surface area (Å²) < 4.78 is 0. The Kier molecular flexibility index (Phi) is 3.67. The molecule has 1 aromatic rings. The molecule has 1 aliphatic carbocycles. The largest absolute Gasteiger partial charge is 0.335 e. The summed E-state index contributed by atoms with van der Waals surface area (Å²) in [5.74, 6) is 0. The first-order chi connectivity index (χ1) is 8.20. The van der Waals surface area contributed by atoms with Crippen LogP contribution in [0.25, 0.3) is 0 Å². The van der Waals surface area contributed by atoms with E-state index in [4.69, 9.17) is 0 Å². The van der Waals surface area contributed by atoms with Crippen LogP contribution in [0, 0.1) is 0 Å². The van der Waals surface area contributed by atoms with Crippen molar-refractivity contribution in [1.82, 2.24) is 5.32 Å². The first-order valence-corrected chi connectivity index (χ1v) is 6.34. The summed E-state index contributed by atoms with van der Waals surface area (Å²) in [4.78, 5) is 13.6. The van der Waals surface area contributed by atoms with Gasteiger partial charge in [-0.05, 0) is 43.4 Å². The molecule has 1 saturated carbocycles.